The van der Waals surface area contributed by atoms with Gasteiger partial charge in [0.25, 0.3) is 10.1 Å². The molecule has 1 rings (SSSR count). The second kappa shape index (κ2) is 4.74. The van der Waals surface area contributed by atoms with E-state index in [1.807, 2.05) is 20.8 Å². The zero-order chi connectivity index (χ0) is 14.1. The van der Waals surface area contributed by atoms with E-state index in [1.54, 1.807) is 13.1 Å². The van der Waals surface area contributed by atoms with E-state index in [0.717, 1.165) is 16.8 Å². The molecule has 0 saturated carbocycles. The number of hydrogen-bond donors (Lipinski definition) is 2. The van der Waals surface area contributed by atoms with Gasteiger partial charge < -0.3 is 5.32 Å². The highest BCUT2D eigenvalue weighted by Gasteiger charge is 2.26. The SMILES string of the molecule is C=C(C)C(C)(C)c1cc(S(=O)(=O)O)ccc1NC. The van der Waals surface area contributed by atoms with Crippen molar-refractivity contribution in [2.45, 2.75) is 31.1 Å². The minimum atomic E-state index is -4.19. The fourth-order valence-corrected chi connectivity index (χ4v) is 2.16. The Morgan fingerprint density at radius 1 is 1.39 bits per heavy atom. The number of allylic oxidation sites excluding steroid dienone is 1. The standard InChI is InChI=1S/C13H19NO3S/c1-9(2)13(3,4)11-8-10(18(15,16)17)6-7-12(11)14-5/h6-8,14H,1H2,2-5H3,(H,15,16,17). The van der Waals surface area contributed by atoms with Gasteiger partial charge in [0.05, 0.1) is 4.90 Å². The summed E-state index contributed by atoms with van der Waals surface area (Å²) in [7, 11) is -2.43. The number of anilines is 1. The van der Waals surface area contributed by atoms with E-state index in [2.05, 4.69) is 11.9 Å². The van der Waals surface area contributed by atoms with Crippen LogP contribution in [0.25, 0.3) is 0 Å². The fourth-order valence-electron chi connectivity index (χ4n) is 1.65. The van der Waals surface area contributed by atoms with E-state index < -0.39 is 10.1 Å². The number of rotatable bonds is 4. The molecular formula is C13H19NO3S. The molecule has 0 aliphatic rings. The third kappa shape index (κ3) is 2.73. The molecule has 0 radical (unpaired) electrons. The van der Waals surface area contributed by atoms with Crippen molar-refractivity contribution in [1.82, 2.24) is 0 Å². The number of nitrogens with one attached hydrogen (secondary N) is 1. The molecule has 0 unspecified atom stereocenters. The summed E-state index contributed by atoms with van der Waals surface area (Å²) in [5, 5.41) is 3.02. The van der Waals surface area contributed by atoms with Crippen LogP contribution in [0, 0.1) is 0 Å². The summed E-state index contributed by atoms with van der Waals surface area (Å²) in [6.07, 6.45) is 0. The molecule has 0 saturated heterocycles. The van der Waals surface area contributed by atoms with Gasteiger partial charge in [0.1, 0.15) is 0 Å². The van der Waals surface area contributed by atoms with Crippen LogP contribution in [0.5, 0.6) is 0 Å². The van der Waals surface area contributed by atoms with Gasteiger partial charge in [-0.15, -0.1) is 0 Å². The van der Waals surface area contributed by atoms with Crippen LogP contribution in [0.15, 0.2) is 35.2 Å². The highest BCUT2D eigenvalue weighted by molar-refractivity contribution is 7.85. The summed E-state index contributed by atoms with van der Waals surface area (Å²) in [6.45, 7) is 9.73. The first-order valence-corrected chi connectivity index (χ1v) is 7.00. The zero-order valence-electron chi connectivity index (χ0n) is 11.1. The van der Waals surface area contributed by atoms with Crippen LogP contribution in [0.1, 0.15) is 26.3 Å². The molecule has 1 aromatic rings. The Kier molecular flexibility index (Phi) is 3.88. The van der Waals surface area contributed by atoms with Crippen LogP contribution < -0.4 is 5.32 Å². The van der Waals surface area contributed by atoms with Crippen molar-refractivity contribution in [2.75, 3.05) is 12.4 Å². The van der Waals surface area contributed by atoms with E-state index in [9.17, 15) is 8.42 Å². The van der Waals surface area contributed by atoms with Crippen molar-refractivity contribution in [2.24, 2.45) is 0 Å². The van der Waals surface area contributed by atoms with E-state index >= 15 is 0 Å². The largest absolute Gasteiger partial charge is 0.388 e. The van der Waals surface area contributed by atoms with Crippen LogP contribution >= 0.6 is 0 Å². The van der Waals surface area contributed by atoms with Gasteiger partial charge in [-0.2, -0.15) is 8.42 Å². The van der Waals surface area contributed by atoms with Gasteiger partial charge in [0, 0.05) is 18.2 Å². The van der Waals surface area contributed by atoms with E-state index in [1.165, 1.54) is 12.1 Å². The van der Waals surface area contributed by atoms with Crippen molar-refractivity contribution in [3.05, 3.63) is 35.9 Å². The molecule has 0 aromatic heterocycles. The quantitative estimate of drug-likeness (QED) is 0.651. The van der Waals surface area contributed by atoms with Crippen LogP contribution in [-0.2, 0) is 15.5 Å². The predicted octanol–water partition coefficient (Wildman–Crippen LogP) is 2.83. The summed E-state index contributed by atoms with van der Waals surface area (Å²) in [5.41, 5.74) is 2.12. The summed E-state index contributed by atoms with van der Waals surface area (Å²) in [5.74, 6) is 0. The molecule has 18 heavy (non-hydrogen) atoms. The maximum atomic E-state index is 11.2. The van der Waals surface area contributed by atoms with Crippen molar-refractivity contribution in [1.29, 1.82) is 0 Å². The topological polar surface area (TPSA) is 66.4 Å². The molecule has 0 spiro atoms. The maximum Gasteiger partial charge on any atom is 0.294 e. The van der Waals surface area contributed by atoms with Gasteiger partial charge >= 0.3 is 0 Å². The Labute approximate surface area is 108 Å². The molecule has 0 aliphatic carbocycles. The molecule has 4 nitrogen and oxygen atoms in total. The van der Waals surface area contributed by atoms with Gasteiger partial charge in [-0.1, -0.05) is 26.0 Å². The lowest BCUT2D eigenvalue weighted by Gasteiger charge is -2.28. The van der Waals surface area contributed by atoms with Crippen LogP contribution in [-0.4, -0.2) is 20.0 Å². The van der Waals surface area contributed by atoms with Gasteiger partial charge in [-0.05, 0) is 30.7 Å². The third-order valence-electron chi connectivity index (χ3n) is 3.30. The zero-order valence-corrected chi connectivity index (χ0v) is 11.9. The molecule has 0 heterocycles. The monoisotopic (exact) mass is 269 g/mol. The Balaban J connectivity index is 3.55. The number of benzene rings is 1. The van der Waals surface area contributed by atoms with E-state index in [-0.39, 0.29) is 10.3 Å². The Morgan fingerprint density at radius 3 is 2.33 bits per heavy atom. The maximum absolute atomic E-state index is 11.2. The van der Waals surface area contributed by atoms with Crippen LogP contribution in [0.2, 0.25) is 0 Å². The minimum Gasteiger partial charge on any atom is -0.388 e. The minimum absolute atomic E-state index is 0.106. The molecule has 0 atom stereocenters. The molecule has 5 heteroatoms. The Morgan fingerprint density at radius 2 is 1.94 bits per heavy atom. The highest BCUT2D eigenvalue weighted by atomic mass is 32.2. The van der Waals surface area contributed by atoms with Gasteiger partial charge in [-0.3, -0.25) is 4.55 Å². The van der Waals surface area contributed by atoms with Crippen LogP contribution in [0.3, 0.4) is 0 Å². The van der Waals surface area contributed by atoms with Crippen LogP contribution in [0.4, 0.5) is 5.69 Å². The second-order valence-corrected chi connectivity index (χ2v) is 6.26. The molecule has 0 bridgehead atoms. The number of hydrogen-bond acceptors (Lipinski definition) is 3. The average molecular weight is 269 g/mol. The fraction of sp³-hybridized carbons (Fsp3) is 0.385. The van der Waals surface area contributed by atoms with Gasteiger partial charge in [0.2, 0.25) is 0 Å². The first kappa shape index (κ1) is 14.7. The van der Waals surface area contributed by atoms with Crippen molar-refractivity contribution in [3.63, 3.8) is 0 Å². The highest BCUT2D eigenvalue weighted by Crippen LogP contribution is 2.36. The molecule has 0 aliphatic heterocycles. The van der Waals surface area contributed by atoms with Crippen molar-refractivity contribution < 1.29 is 13.0 Å². The summed E-state index contributed by atoms with van der Waals surface area (Å²) in [6, 6.07) is 4.50. The molecular weight excluding hydrogens is 250 g/mol. The van der Waals surface area contributed by atoms with Gasteiger partial charge in [0.15, 0.2) is 0 Å². The molecule has 0 amide bonds. The Hall–Kier alpha value is -1.33. The molecule has 0 fully saturated rings. The first-order valence-electron chi connectivity index (χ1n) is 5.56. The normalized spacial score (nSPS) is 12.3. The van der Waals surface area contributed by atoms with Crippen molar-refractivity contribution >= 4 is 15.8 Å². The van der Waals surface area contributed by atoms with E-state index in [0.29, 0.717) is 0 Å². The lowest BCUT2D eigenvalue weighted by Crippen LogP contribution is -2.20. The predicted molar refractivity (Wildman–Crippen MR) is 73.6 cm³/mol. The lowest BCUT2D eigenvalue weighted by molar-refractivity contribution is 0.482. The lowest BCUT2D eigenvalue weighted by atomic mass is 9.78. The second-order valence-electron chi connectivity index (χ2n) is 4.84. The first-order chi connectivity index (χ1) is 8.10. The Bertz CT molecular complexity index is 574. The van der Waals surface area contributed by atoms with Gasteiger partial charge in [-0.25, -0.2) is 0 Å². The molecule has 1 aromatic carbocycles. The van der Waals surface area contributed by atoms with Crippen molar-refractivity contribution in [3.8, 4) is 0 Å². The smallest absolute Gasteiger partial charge is 0.294 e. The summed E-state index contributed by atoms with van der Waals surface area (Å²) >= 11 is 0. The average Bonchev–Trinajstić information content (AvgIpc) is 2.26. The molecule has 100 valence electrons. The van der Waals surface area contributed by atoms with E-state index in [4.69, 9.17) is 4.55 Å². The summed E-state index contributed by atoms with van der Waals surface area (Å²) in [4.78, 5) is -0.106. The molecule has 2 N–H and O–H groups in total. The third-order valence-corrected chi connectivity index (χ3v) is 4.15. The summed E-state index contributed by atoms with van der Waals surface area (Å²) < 4.78 is 31.5.